The van der Waals surface area contributed by atoms with Crippen LogP contribution < -0.4 is 9.47 Å². The highest BCUT2D eigenvalue weighted by atomic mass is 127. The van der Waals surface area contributed by atoms with Gasteiger partial charge in [-0.15, -0.1) is 11.8 Å². The van der Waals surface area contributed by atoms with Gasteiger partial charge in [0.1, 0.15) is 18.1 Å². The van der Waals surface area contributed by atoms with Gasteiger partial charge in [-0.05, 0) is 113 Å². The molecule has 1 aliphatic rings. The molecule has 3 aromatic rings. The van der Waals surface area contributed by atoms with Crippen LogP contribution in [0.5, 0.6) is 11.5 Å². The molecule has 0 unspecified atom stereocenters. The lowest BCUT2D eigenvalue weighted by Gasteiger charge is -2.12. The van der Waals surface area contributed by atoms with E-state index in [-0.39, 0.29) is 6.61 Å². The first-order valence-electron chi connectivity index (χ1n) is 11.2. The van der Waals surface area contributed by atoms with Crippen molar-refractivity contribution in [3.05, 3.63) is 93.1 Å². The molecule has 0 saturated heterocycles. The SMILES string of the molecule is COC(=O)COc1ccc(OC/C=C(\c2ccc(I)cc2)c2ccc(SC3CC3)cc2)cc1C. The first-order chi connectivity index (χ1) is 16.5. The average Bonchev–Trinajstić information content (AvgIpc) is 3.66. The Morgan fingerprint density at radius 1 is 1.00 bits per heavy atom. The van der Waals surface area contributed by atoms with E-state index in [0.29, 0.717) is 12.4 Å². The van der Waals surface area contributed by atoms with Crippen molar-refractivity contribution < 1.29 is 19.0 Å². The summed E-state index contributed by atoms with van der Waals surface area (Å²) in [6, 6.07) is 23.0. The fourth-order valence-electron chi connectivity index (χ4n) is 3.41. The fraction of sp³-hybridized carbons (Fsp3) is 0.250. The van der Waals surface area contributed by atoms with E-state index in [1.807, 2.05) is 36.9 Å². The molecular weight excluding hydrogens is 559 g/mol. The summed E-state index contributed by atoms with van der Waals surface area (Å²) in [6.07, 6.45) is 4.78. The van der Waals surface area contributed by atoms with Crippen LogP contribution >= 0.6 is 34.4 Å². The minimum absolute atomic E-state index is 0.113. The number of rotatable bonds is 10. The monoisotopic (exact) mass is 586 g/mol. The van der Waals surface area contributed by atoms with Crippen molar-refractivity contribution in [2.75, 3.05) is 20.3 Å². The average molecular weight is 586 g/mol. The van der Waals surface area contributed by atoms with Crippen LogP contribution in [-0.2, 0) is 9.53 Å². The lowest BCUT2D eigenvalue weighted by Crippen LogP contribution is -2.13. The van der Waals surface area contributed by atoms with Gasteiger partial charge in [-0.25, -0.2) is 4.79 Å². The Labute approximate surface area is 218 Å². The van der Waals surface area contributed by atoms with Gasteiger partial charge in [0.05, 0.1) is 7.11 Å². The van der Waals surface area contributed by atoms with Crippen molar-refractivity contribution in [1.82, 2.24) is 0 Å². The zero-order valence-electron chi connectivity index (χ0n) is 19.3. The standard InChI is InChI=1S/C28H27IO4S/c1-19-17-23(9-14-27(19)33-18-28(30)31-2)32-16-15-26(20-3-7-22(29)8-4-20)21-5-10-24(11-6-21)34-25-12-13-25/h3-11,14-15,17,25H,12-13,16,18H2,1-2H3/b26-15+. The van der Waals surface area contributed by atoms with E-state index >= 15 is 0 Å². The number of halogens is 1. The molecule has 0 bridgehead atoms. The quantitative estimate of drug-likeness (QED) is 0.191. The minimum atomic E-state index is -0.410. The highest BCUT2D eigenvalue weighted by molar-refractivity contribution is 14.1. The van der Waals surface area contributed by atoms with Crippen molar-refractivity contribution in [3.8, 4) is 11.5 Å². The predicted molar refractivity (Wildman–Crippen MR) is 146 cm³/mol. The maximum Gasteiger partial charge on any atom is 0.343 e. The number of ether oxygens (including phenoxy) is 3. The minimum Gasteiger partial charge on any atom is -0.489 e. The van der Waals surface area contributed by atoms with Gasteiger partial charge in [0.2, 0.25) is 0 Å². The third-order valence-corrected chi connectivity index (χ3v) is 7.47. The van der Waals surface area contributed by atoms with Gasteiger partial charge in [0.25, 0.3) is 0 Å². The smallest absolute Gasteiger partial charge is 0.343 e. The first-order valence-corrected chi connectivity index (χ1v) is 13.1. The second kappa shape index (κ2) is 11.8. The molecule has 3 aromatic carbocycles. The third-order valence-electron chi connectivity index (χ3n) is 5.40. The number of carbonyl (C=O) groups is 1. The summed E-state index contributed by atoms with van der Waals surface area (Å²) in [7, 11) is 1.34. The van der Waals surface area contributed by atoms with Crippen LogP contribution in [0, 0.1) is 10.5 Å². The third kappa shape index (κ3) is 7.03. The van der Waals surface area contributed by atoms with Gasteiger partial charge in [-0.1, -0.05) is 24.3 Å². The Hall–Kier alpha value is -2.45. The van der Waals surface area contributed by atoms with Gasteiger partial charge in [-0.2, -0.15) is 0 Å². The topological polar surface area (TPSA) is 44.8 Å². The number of aryl methyl sites for hydroxylation is 1. The largest absolute Gasteiger partial charge is 0.489 e. The molecule has 0 radical (unpaired) electrons. The van der Waals surface area contributed by atoms with E-state index in [1.165, 1.54) is 34.0 Å². The lowest BCUT2D eigenvalue weighted by molar-refractivity contribution is -0.142. The summed E-state index contributed by atoms with van der Waals surface area (Å²) in [6.45, 7) is 2.24. The van der Waals surface area contributed by atoms with Gasteiger partial charge in [0, 0.05) is 13.7 Å². The van der Waals surface area contributed by atoms with Gasteiger partial charge in [-0.3, -0.25) is 0 Å². The zero-order chi connectivity index (χ0) is 23.9. The highest BCUT2D eigenvalue weighted by Gasteiger charge is 2.22. The number of methoxy groups -OCH3 is 1. The van der Waals surface area contributed by atoms with Crippen LogP contribution in [0.25, 0.3) is 5.57 Å². The number of carbonyl (C=O) groups excluding carboxylic acids is 1. The second-order valence-electron chi connectivity index (χ2n) is 8.07. The predicted octanol–water partition coefficient (Wildman–Crippen LogP) is 6.92. The lowest BCUT2D eigenvalue weighted by atomic mass is 9.98. The molecule has 0 heterocycles. The molecule has 1 saturated carbocycles. The van der Waals surface area contributed by atoms with Crippen LogP contribution in [0.4, 0.5) is 0 Å². The molecule has 0 aromatic heterocycles. The number of esters is 1. The van der Waals surface area contributed by atoms with E-state index in [9.17, 15) is 4.79 Å². The Bertz CT molecular complexity index is 1150. The van der Waals surface area contributed by atoms with Gasteiger partial charge >= 0.3 is 5.97 Å². The molecular formula is C28H27IO4S. The molecule has 1 fully saturated rings. The van der Waals surface area contributed by atoms with Crippen molar-refractivity contribution in [3.63, 3.8) is 0 Å². The van der Waals surface area contributed by atoms with Gasteiger partial charge < -0.3 is 14.2 Å². The molecule has 4 nitrogen and oxygen atoms in total. The van der Waals surface area contributed by atoms with Crippen molar-refractivity contribution in [2.45, 2.75) is 29.9 Å². The fourth-order valence-corrected chi connectivity index (χ4v) is 4.82. The molecule has 0 aliphatic heterocycles. The Kier molecular flexibility index (Phi) is 8.56. The van der Waals surface area contributed by atoms with Crippen LogP contribution in [0.15, 0.2) is 77.7 Å². The molecule has 4 rings (SSSR count). The molecule has 34 heavy (non-hydrogen) atoms. The molecule has 0 N–H and O–H groups in total. The number of hydrogen-bond donors (Lipinski definition) is 0. The second-order valence-corrected chi connectivity index (χ2v) is 10.7. The normalized spacial score (nSPS) is 13.4. The molecule has 176 valence electrons. The first kappa shape index (κ1) is 24.7. The summed E-state index contributed by atoms with van der Waals surface area (Å²) < 4.78 is 17.4. The summed E-state index contributed by atoms with van der Waals surface area (Å²) in [5.41, 5.74) is 4.38. The van der Waals surface area contributed by atoms with Crippen LogP contribution in [0.3, 0.4) is 0 Å². The van der Waals surface area contributed by atoms with Gasteiger partial charge in [0.15, 0.2) is 6.61 Å². The Balaban J connectivity index is 1.47. The Morgan fingerprint density at radius 3 is 2.29 bits per heavy atom. The van der Waals surface area contributed by atoms with E-state index in [1.54, 1.807) is 0 Å². The van der Waals surface area contributed by atoms with Crippen molar-refractivity contribution in [1.29, 1.82) is 0 Å². The van der Waals surface area contributed by atoms with Crippen LogP contribution in [0.2, 0.25) is 0 Å². The van der Waals surface area contributed by atoms with E-state index < -0.39 is 5.97 Å². The summed E-state index contributed by atoms with van der Waals surface area (Å²) in [5, 5.41) is 0.797. The van der Waals surface area contributed by atoms with E-state index in [2.05, 4.69) is 81.9 Å². The molecule has 6 heteroatoms. The summed E-state index contributed by atoms with van der Waals surface area (Å²) in [4.78, 5) is 12.6. The number of benzene rings is 3. The number of thioether (sulfide) groups is 1. The highest BCUT2D eigenvalue weighted by Crippen LogP contribution is 2.39. The van der Waals surface area contributed by atoms with E-state index in [0.717, 1.165) is 27.7 Å². The molecule has 1 aliphatic carbocycles. The van der Waals surface area contributed by atoms with Crippen LogP contribution in [-0.4, -0.2) is 31.5 Å². The maximum absolute atomic E-state index is 11.3. The summed E-state index contributed by atoms with van der Waals surface area (Å²) in [5.74, 6) is 0.974. The van der Waals surface area contributed by atoms with Crippen LogP contribution in [0.1, 0.15) is 29.5 Å². The van der Waals surface area contributed by atoms with Crippen molar-refractivity contribution in [2.24, 2.45) is 0 Å². The van der Waals surface area contributed by atoms with E-state index in [4.69, 9.17) is 9.47 Å². The maximum atomic E-state index is 11.3. The van der Waals surface area contributed by atoms with Crippen molar-refractivity contribution >= 4 is 45.9 Å². The summed E-state index contributed by atoms with van der Waals surface area (Å²) >= 11 is 4.30. The molecule has 0 amide bonds. The number of hydrogen-bond acceptors (Lipinski definition) is 5. The molecule has 0 atom stereocenters. The molecule has 0 spiro atoms. The zero-order valence-corrected chi connectivity index (χ0v) is 22.2. The Morgan fingerprint density at radius 2 is 1.68 bits per heavy atom.